The van der Waals surface area contributed by atoms with E-state index in [0.717, 1.165) is 16.1 Å². The molecular weight excluding hydrogens is 248 g/mol. The van der Waals surface area contributed by atoms with Gasteiger partial charge in [0, 0.05) is 0 Å². The lowest BCUT2D eigenvalue weighted by molar-refractivity contribution is -0.297. The van der Waals surface area contributed by atoms with Crippen LogP contribution in [0.4, 0.5) is 0 Å². The summed E-state index contributed by atoms with van der Waals surface area (Å²) >= 11 is 3.29. The van der Waals surface area contributed by atoms with Gasteiger partial charge >= 0.3 is 0 Å². The second kappa shape index (κ2) is 4.81. The molecule has 1 rings (SSSR count). The van der Waals surface area contributed by atoms with E-state index in [0.29, 0.717) is 5.75 Å². The molecule has 1 aromatic carbocycles. The van der Waals surface area contributed by atoms with Gasteiger partial charge in [-0.05, 0) is 39.7 Å². The molecule has 0 unspecified atom stereocenters. The van der Waals surface area contributed by atoms with Crippen LogP contribution in [0.3, 0.4) is 0 Å². The topological polar surface area (TPSA) is 49.4 Å². The Morgan fingerprint density at radius 2 is 2.29 bits per heavy atom. The molecule has 0 fully saturated rings. The second-order valence-corrected chi connectivity index (χ2v) is 3.40. The van der Waals surface area contributed by atoms with Crippen molar-refractivity contribution in [3.63, 3.8) is 0 Å². The third-order valence-electron chi connectivity index (χ3n) is 1.59. The third-order valence-corrected chi connectivity index (χ3v) is 2.21. The second-order valence-electron chi connectivity index (χ2n) is 2.55. The van der Waals surface area contributed by atoms with Crippen molar-refractivity contribution in [2.24, 2.45) is 0 Å². The van der Waals surface area contributed by atoms with Gasteiger partial charge < -0.3 is 14.6 Å². The quantitative estimate of drug-likeness (QED) is 0.764. The Morgan fingerprint density at radius 1 is 1.57 bits per heavy atom. The van der Waals surface area contributed by atoms with E-state index >= 15 is 0 Å². The van der Waals surface area contributed by atoms with Gasteiger partial charge in [-0.1, -0.05) is 12.1 Å². The van der Waals surface area contributed by atoms with Crippen LogP contribution in [0.5, 0.6) is 5.75 Å². The van der Waals surface area contributed by atoms with Gasteiger partial charge in [0.05, 0.1) is 17.6 Å². The van der Waals surface area contributed by atoms with Crippen LogP contribution in [0.1, 0.15) is 5.56 Å². The summed E-state index contributed by atoms with van der Waals surface area (Å²) in [5.41, 5.74) is 0.766. The monoisotopic (exact) mass is 255 g/mol. The highest BCUT2D eigenvalue weighted by Crippen LogP contribution is 2.25. The molecule has 0 spiro atoms. The summed E-state index contributed by atoms with van der Waals surface area (Å²) < 4.78 is 5.80. The molecule has 4 heteroatoms. The first-order chi connectivity index (χ1) is 6.63. The van der Waals surface area contributed by atoms with Crippen LogP contribution in [0.25, 0.3) is 6.08 Å². The zero-order chi connectivity index (χ0) is 10.6. The van der Waals surface area contributed by atoms with Crippen LogP contribution in [0, 0.1) is 0 Å². The average Bonchev–Trinajstić information content (AvgIpc) is 2.15. The Morgan fingerprint density at radius 3 is 2.79 bits per heavy atom. The van der Waals surface area contributed by atoms with Gasteiger partial charge in [0.2, 0.25) is 0 Å². The average molecular weight is 256 g/mol. The molecule has 0 saturated heterocycles. The van der Waals surface area contributed by atoms with Crippen molar-refractivity contribution in [2.75, 3.05) is 7.11 Å². The number of carboxylic acids is 1. The summed E-state index contributed by atoms with van der Waals surface area (Å²) in [4.78, 5) is 10.1. The molecule has 0 N–H and O–H groups in total. The molecule has 0 bridgehead atoms. The summed E-state index contributed by atoms with van der Waals surface area (Å²) in [5, 5.41) is 10.1. The molecule has 0 aliphatic heterocycles. The van der Waals surface area contributed by atoms with Gasteiger partial charge in [0.15, 0.2) is 0 Å². The van der Waals surface area contributed by atoms with Crippen molar-refractivity contribution >= 4 is 28.0 Å². The Labute approximate surface area is 90.1 Å². The van der Waals surface area contributed by atoms with Gasteiger partial charge in [-0.2, -0.15) is 0 Å². The number of carbonyl (C=O) groups excluding carboxylic acids is 1. The van der Waals surface area contributed by atoms with Crippen molar-refractivity contribution in [3.8, 4) is 5.75 Å². The fourth-order valence-corrected chi connectivity index (χ4v) is 1.51. The highest BCUT2D eigenvalue weighted by atomic mass is 79.9. The summed E-state index contributed by atoms with van der Waals surface area (Å²) in [6.45, 7) is 0. The number of halogens is 1. The molecule has 0 saturated carbocycles. The summed E-state index contributed by atoms with van der Waals surface area (Å²) in [6.07, 6.45) is 2.44. The van der Waals surface area contributed by atoms with Crippen molar-refractivity contribution in [3.05, 3.63) is 34.3 Å². The van der Waals surface area contributed by atoms with Crippen LogP contribution in [-0.4, -0.2) is 13.1 Å². The third kappa shape index (κ3) is 2.88. The first kappa shape index (κ1) is 10.8. The SMILES string of the molecule is COc1ccc(C=CC(=O)[O-])cc1Br. The van der Waals surface area contributed by atoms with E-state index in [-0.39, 0.29) is 0 Å². The molecule has 0 aromatic heterocycles. The normalized spacial score (nSPS) is 10.4. The molecule has 0 aliphatic carbocycles. The van der Waals surface area contributed by atoms with Gasteiger partial charge in [0.25, 0.3) is 0 Å². The summed E-state index contributed by atoms with van der Waals surface area (Å²) in [6, 6.07) is 5.26. The van der Waals surface area contributed by atoms with Crippen molar-refractivity contribution in [1.29, 1.82) is 0 Å². The summed E-state index contributed by atoms with van der Waals surface area (Å²) in [7, 11) is 1.57. The fraction of sp³-hybridized carbons (Fsp3) is 0.100. The minimum Gasteiger partial charge on any atom is -0.545 e. The minimum atomic E-state index is -1.21. The van der Waals surface area contributed by atoms with E-state index < -0.39 is 5.97 Å². The zero-order valence-electron chi connectivity index (χ0n) is 7.49. The van der Waals surface area contributed by atoms with E-state index in [1.165, 1.54) is 6.08 Å². The Bertz CT molecular complexity index is 372. The van der Waals surface area contributed by atoms with Gasteiger partial charge in [-0.25, -0.2) is 0 Å². The number of aliphatic carboxylic acids is 1. The minimum absolute atomic E-state index is 0.704. The van der Waals surface area contributed by atoms with Gasteiger partial charge in [-0.15, -0.1) is 0 Å². The summed E-state index contributed by atoms with van der Waals surface area (Å²) in [5.74, 6) is -0.507. The fourth-order valence-electron chi connectivity index (χ4n) is 0.951. The molecule has 0 amide bonds. The lowest BCUT2D eigenvalue weighted by Gasteiger charge is -2.03. The predicted molar refractivity (Wildman–Crippen MR) is 54.7 cm³/mol. The maximum atomic E-state index is 10.1. The van der Waals surface area contributed by atoms with E-state index in [2.05, 4.69) is 15.9 Å². The number of benzene rings is 1. The van der Waals surface area contributed by atoms with Crippen LogP contribution in [0.15, 0.2) is 28.7 Å². The van der Waals surface area contributed by atoms with E-state index in [4.69, 9.17) is 4.74 Å². The molecular formula is C10H8BrO3-. The lowest BCUT2D eigenvalue weighted by atomic mass is 10.2. The van der Waals surface area contributed by atoms with E-state index in [9.17, 15) is 9.90 Å². The van der Waals surface area contributed by atoms with Crippen molar-refractivity contribution in [1.82, 2.24) is 0 Å². The van der Waals surface area contributed by atoms with Crippen molar-refractivity contribution in [2.45, 2.75) is 0 Å². The highest BCUT2D eigenvalue weighted by Gasteiger charge is 1.98. The number of hydrogen-bond donors (Lipinski definition) is 0. The maximum absolute atomic E-state index is 10.1. The van der Waals surface area contributed by atoms with E-state index in [1.54, 1.807) is 25.3 Å². The molecule has 0 heterocycles. The number of carbonyl (C=O) groups is 1. The Hall–Kier alpha value is -1.29. The number of ether oxygens (including phenoxy) is 1. The first-order valence-electron chi connectivity index (χ1n) is 3.86. The lowest BCUT2D eigenvalue weighted by Crippen LogP contribution is -2.18. The molecule has 0 radical (unpaired) electrons. The first-order valence-corrected chi connectivity index (χ1v) is 4.65. The molecule has 3 nitrogen and oxygen atoms in total. The number of rotatable bonds is 3. The number of carboxylic acid groups (broad SMARTS) is 1. The van der Waals surface area contributed by atoms with Crippen LogP contribution >= 0.6 is 15.9 Å². The predicted octanol–water partition coefficient (Wildman–Crippen LogP) is 1.22. The molecule has 74 valence electrons. The Balaban J connectivity index is 2.91. The number of methoxy groups -OCH3 is 1. The highest BCUT2D eigenvalue weighted by molar-refractivity contribution is 9.10. The van der Waals surface area contributed by atoms with Gasteiger partial charge in [0.1, 0.15) is 5.75 Å². The Kier molecular flexibility index (Phi) is 3.71. The molecule has 0 atom stereocenters. The van der Waals surface area contributed by atoms with Crippen LogP contribution < -0.4 is 9.84 Å². The largest absolute Gasteiger partial charge is 0.545 e. The van der Waals surface area contributed by atoms with Gasteiger partial charge in [-0.3, -0.25) is 0 Å². The van der Waals surface area contributed by atoms with Crippen molar-refractivity contribution < 1.29 is 14.6 Å². The molecule has 14 heavy (non-hydrogen) atoms. The number of hydrogen-bond acceptors (Lipinski definition) is 3. The smallest absolute Gasteiger partial charge is 0.133 e. The van der Waals surface area contributed by atoms with Crippen LogP contribution in [-0.2, 0) is 4.79 Å². The standard InChI is InChI=1S/C10H9BrO3/c1-14-9-4-2-7(6-8(9)11)3-5-10(12)13/h2-6H,1H3,(H,12,13)/p-1. The maximum Gasteiger partial charge on any atom is 0.133 e. The zero-order valence-corrected chi connectivity index (χ0v) is 9.08. The van der Waals surface area contributed by atoms with E-state index in [1.807, 2.05) is 0 Å². The molecule has 1 aromatic rings. The molecule has 0 aliphatic rings. The van der Waals surface area contributed by atoms with Crippen LogP contribution in [0.2, 0.25) is 0 Å².